The van der Waals surface area contributed by atoms with Crippen molar-refractivity contribution in [3.8, 4) is 23.0 Å². The van der Waals surface area contributed by atoms with E-state index in [1.54, 1.807) is 0 Å². The molecule has 172 valence electrons. The van der Waals surface area contributed by atoms with Crippen LogP contribution in [0.1, 0.15) is 40.8 Å². The standard InChI is InChI=1S/C28H28N4O2/c1-6-21-11-13-22(14-12-21)32-27-26(19(4)31-32)18(3)15-25(30-27)33-16-24-20(5)34-28(29-24)23-10-8-7-9-17(23)2/h7-15H,6,16H2,1-5H3. The van der Waals surface area contributed by atoms with Gasteiger partial charge in [0.2, 0.25) is 11.8 Å². The van der Waals surface area contributed by atoms with Gasteiger partial charge in [-0.1, -0.05) is 37.3 Å². The predicted octanol–water partition coefficient (Wildman–Crippen LogP) is 6.45. The average molecular weight is 453 g/mol. The largest absolute Gasteiger partial charge is 0.471 e. The van der Waals surface area contributed by atoms with Gasteiger partial charge in [-0.3, -0.25) is 0 Å². The number of aryl methyl sites for hydroxylation is 5. The second-order valence-corrected chi connectivity index (χ2v) is 8.62. The lowest BCUT2D eigenvalue weighted by molar-refractivity contribution is 0.288. The van der Waals surface area contributed by atoms with Crippen LogP contribution in [-0.4, -0.2) is 19.7 Å². The fourth-order valence-corrected chi connectivity index (χ4v) is 4.23. The second kappa shape index (κ2) is 8.78. The highest BCUT2D eigenvalue weighted by molar-refractivity contribution is 5.84. The van der Waals surface area contributed by atoms with E-state index in [-0.39, 0.29) is 6.61 Å². The van der Waals surface area contributed by atoms with Gasteiger partial charge in [-0.25, -0.2) is 9.67 Å². The molecule has 0 N–H and O–H groups in total. The number of hydrogen-bond acceptors (Lipinski definition) is 5. The summed E-state index contributed by atoms with van der Waals surface area (Å²) in [6, 6.07) is 18.4. The zero-order valence-electron chi connectivity index (χ0n) is 20.2. The molecule has 0 saturated heterocycles. The van der Waals surface area contributed by atoms with Crippen molar-refractivity contribution in [2.75, 3.05) is 0 Å². The molecule has 0 bridgehead atoms. The summed E-state index contributed by atoms with van der Waals surface area (Å²) in [6.07, 6.45) is 1.00. The fourth-order valence-electron chi connectivity index (χ4n) is 4.23. The highest BCUT2D eigenvalue weighted by Crippen LogP contribution is 2.28. The minimum atomic E-state index is 0.275. The van der Waals surface area contributed by atoms with E-state index in [9.17, 15) is 0 Å². The summed E-state index contributed by atoms with van der Waals surface area (Å²) < 4.78 is 13.9. The lowest BCUT2D eigenvalue weighted by atomic mass is 10.1. The van der Waals surface area contributed by atoms with Crippen molar-refractivity contribution in [3.05, 3.63) is 88.4 Å². The minimum absolute atomic E-state index is 0.275. The number of rotatable bonds is 6. The number of pyridine rings is 1. The molecule has 0 spiro atoms. The molecule has 3 heterocycles. The molecular formula is C28H28N4O2. The third kappa shape index (κ3) is 3.96. The molecular weight excluding hydrogens is 424 g/mol. The number of fused-ring (bicyclic) bond motifs is 1. The Balaban J connectivity index is 1.45. The van der Waals surface area contributed by atoms with E-state index in [0.717, 1.165) is 57.0 Å². The summed E-state index contributed by atoms with van der Waals surface area (Å²) >= 11 is 0. The Bertz CT molecular complexity index is 1480. The first-order valence-electron chi connectivity index (χ1n) is 11.6. The van der Waals surface area contributed by atoms with Crippen molar-refractivity contribution < 1.29 is 9.15 Å². The SMILES string of the molecule is CCc1ccc(-n2nc(C)c3c(C)cc(OCc4nc(-c5ccccc5C)oc4C)nc32)cc1. The van der Waals surface area contributed by atoms with E-state index in [1.165, 1.54) is 5.56 Å². The maximum Gasteiger partial charge on any atom is 0.226 e. The first kappa shape index (κ1) is 21.9. The zero-order valence-corrected chi connectivity index (χ0v) is 20.2. The minimum Gasteiger partial charge on any atom is -0.471 e. The van der Waals surface area contributed by atoms with Gasteiger partial charge >= 0.3 is 0 Å². The fraction of sp³-hybridized carbons (Fsp3) is 0.250. The van der Waals surface area contributed by atoms with Gasteiger partial charge in [0.25, 0.3) is 0 Å². The van der Waals surface area contributed by atoms with Crippen LogP contribution in [-0.2, 0) is 13.0 Å². The summed E-state index contributed by atoms with van der Waals surface area (Å²) in [4.78, 5) is 9.51. The van der Waals surface area contributed by atoms with E-state index in [1.807, 2.05) is 55.8 Å². The number of benzene rings is 2. The number of aromatic nitrogens is 4. The zero-order chi connectivity index (χ0) is 23.8. The Morgan fingerprint density at radius 3 is 2.41 bits per heavy atom. The van der Waals surface area contributed by atoms with E-state index < -0.39 is 0 Å². The van der Waals surface area contributed by atoms with Crippen molar-refractivity contribution in [2.24, 2.45) is 0 Å². The third-order valence-electron chi connectivity index (χ3n) is 6.20. The Morgan fingerprint density at radius 2 is 1.68 bits per heavy atom. The van der Waals surface area contributed by atoms with Crippen LogP contribution in [0.4, 0.5) is 0 Å². The number of oxazole rings is 1. The summed E-state index contributed by atoms with van der Waals surface area (Å²) in [5.41, 5.74) is 7.95. The van der Waals surface area contributed by atoms with Crippen LogP contribution in [0.2, 0.25) is 0 Å². The third-order valence-corrected chi connectivity index (χ3v) is 6.20. The number of hydrogen-bond donors (Lipinski definition) is 0. The number of nitrogens with zero attached hydrogens (tertiary/aromatic N) is 4. The van der Waals surface area contributed by atoms with E-state index in [2.05, 4.69) is 43.1 Å². The molecule has 6 heteroatoms. The van der Waals surface area contributed by atoms with Crippen LogP contribution < -0.4 is 4.74 Å². The van der Waals surface area contributed by atoms with Crippen molar-refractivity contribution in [2.45, 2.75) is 47.6 Å². The molecule has 0 amide bonds. The Hall–Kier alpha value is -3.93. The molecule has 0 saturated carbocycles. The van der Waals surface area contributed by atoms with Crippen LogP contribution >= 0.6 is 0 Å². The summed E-state index contributed by atoms with van der Waals surface area (Å²) in [5, 5.41) is 5.81. The monoisotopic (exact) mass is 452 g/mol. The maximum atomic E-state index is 6.10. The maximum absolute atomic E-state index is 6.10. The van der Waals surface area contributed by atoms with Crippen molar-refractivity contribution in [1.29, 1.82) is 0 Å². The summed E-state index contributed by atoms with van der Waals surface area (Å²) in [5.74, 6) is 1.89. The van der Waals surface area contributed by atoms with Crippen LogP contribution in [0.15, 0.2) is 59.0 Å². The topological polar surface area (TPSA) is 66.0 Å². The number of ether oxygens (including phenoxy) is 1. The predicted molar refractivity (Wildman–Crippen MR) is 133 cm³/mol. The van der Waals surface area contributed by atoms with Gasteiger partial charge in [-0.15, -0.1) is 0 Å². The molecule has 0 radical (unpaired) electrons. The van der Waals surface area contributed by atoms with Crippen molar-refractivity contribution >= 4 is 11.0 Å². The summed E-state index contributed by atoms with van der Waals surface area (Å²) in [7, 11) is 0. The molecule has 5 aromatic rings. The lowest BCUT2D eigenvalue weighted by Crippen LogP contribution is -2.02. The van der Waals surface area contributed by atoms with Crippen molar-refractivity contribution in [1.82, 2.24) is 19.7 Å². The molecule has 0 fully saturated rings. The first-order chi connectivity index (χ1) is 16.4. The van der Waals surface area contributed by atoms with E-state index in [0.29, 0.717) is 11.8 Å². The van der Waals surface area contributed by atoms with E-state index in [4.69, 9.17) is 19.2 Å². The van der Waals surface area contributed by atoms with Crippen LogP contribution in [0.25, 0.3) is 28.2 Å². The molecule has 3 aromatic heterocycles. The van der Waals surface area contributed by atoms with Gasteiger partial charge in [0.1, 0.15) is 18.1 Å². The highest BCUT2D eigenvalue weighted by Gasteiger charge is 2.17. The molecule has 0 atom stereocenters. The van der Waals surface area contributed by atoms with Gasteiger partial charge in [-0.2, -0.15) is 10.1 Å². The summed E-state index contributed by atoms with van der Waals surface area (Å²) in [6.45, 7) is 10.5. The molecule has 5 rings (SSSR count). The van der Waals surface area contributed by atoms with E-state index >= 15 is 0 Å². The van der Waals surface area contributed by atoms with Gasteiger partial charge in [0.05, 0.1) is 11.4 Å². The Morgan fingerprint density at radius 1 is 0.912 bits per heavy atom. The lowest BCUT2D eigenvalue weighted by Gasteiger charge is -2.08. The normalized spacial score (nSPS) is 11.3. The second-order valence-electron chi connectivity index (χ2n) is 8.62. The van der Waals surface area contributed by atoms with Gasteiger partial charge < -0.3 is 9.15 Å². The quantitative estimate of drug-likeness (QED) is 0.296. The molecule has 34 heavy (non-hydrogen) atoms. The Labute approximate surface area is 199 Å². The Kier molecular flexibility index (Phi) is 5.65. The molecule has 0 aliphatic carbocycles. The van der Waals surface area contributed by atoms with Gasteiger partial charge in [0.15, 0.2) is 5.65 Å². The molecule has 0 unspecified atom stereocenters. The molecule has 0 aliphatic rings. The smallest absolute Gasteiger partial charge is 0.226 e. The highest BCUT2D eigenvalue weighted by atomic mass is 16.5. The van der Waals surface area contributed by atoms with Crippen molar-refractivity contribution in [3.63, 3.8) is 0 Å². The molecule has 2 aromatic carbocycles. The van der Waals surface area contributed by atoms with Crippen LogP contribution in [0.3, 0.4) is 0 Å². The first-order valence-corrected chi connectivity index (χ1v) is 11.6. The average Bonchev–Trinajstić information content (AvgIpc) is 3.37. The van der Waals surface area contributed by atoms with Gasteiger partial charge in [-0.05, 0) is 69.0 Å². The van der Waals surface area contributed by atoms with Crippen LogP contribution in [0, 0.1) is 27.7 Å². The molecule has 6 nitrogen and oxygen atoms in total. The molecule has 0 aliphatic heterocycles. The van der Waals surface area contributed by atoms with Crippen LogP contribution in [0.5, 0.6) is 5.88 Å². The van der Waals surface area contributed by atoms with Gasteiger partial charge in [0, 0.05) is 17.0 Å².